The van der Waals surface area contributed by atoms with Gasteiger partial charge < -0.3 is 9.16 Å². The lowest BCUT2D eigenvalue weighted by Crippen LogP contribution is -2.58. The van der Waals surface area contributed by atoms with E-state index in [1.54, 1.807) is 7.11 Å². The molecule has 120 valence electrons. The Balaban J connectivity index is 2.50. The number of ether oxygens (including phenoxy) is 1. The molecule has 0 aromatic carbocycles. The summed E-state index contributed by atoms with van der Waals surface area (Å²) in [5, 5.41) is 10.0. The van der Waals surface area contributed by atoms with Crippen LogP contribution in [0.2, 0.25) is 19.6 Å². The highest BCUT2D eigenvalue weighted by atomic mass is 28.4. The fraction of sp³-hybridized carbons (Fsp3) is 0.938. The number of hydrogen-bond donors (Lipinski definition) is 0. The van der Waals surface area contributed by atoms with Gasteiger partial charge in [0.1, 0.15) is 6.17 Å². The van der Waals surface area contributed by atoms with Crippen molar-refractivity contribution in [3.05, 3.63) is 0 Å². The molecule has 0 saturated heterocycles. The third-order valence-corrected chi connectivity index (χ3v) is 6.12. The molecule has 2 aliphatic rings. The summed E-state index contributed by atoms with van der Waals surface area (Å²) < 4.78 is 26.3. The molecule has 5 atom stereocenters. The first-order valence-corrected chi connectivity index (χ1v) is 11.3. The van der Waals surface area contributed by atoms with Gasteiger partial charge in [-0.15, -0.1) is 0 Å². The van der Waals surface area contributed by atoms with Gasteiger partial charge in [0, 0.05) is 18.4 Å². The van der Waals surface area contributed by atoms with E-state index in [4.69, 9.17) is 9.16 Å². The minimum absolute atomic E-state index is 0.169. The van der Waals surface area contributed by atoms with Crippen molar-refractivity contribution < 1.29 is 13.6 Å². The smallest absolute Gasteiger partial charge is 0.185 e. The van der Waals surface area contributed by atoms with E-state index < -0.39 is 26.2 Å². The summed E-state index contributed by atoms with van der Waals surface area (Å²) in [5.74, 6) is 0.144. The van der Waals surface area contributed by atoms with Crippen LogP contribution in [0.25, 0.3) is 0 Å². The van der Waals surface area contributed by atoms with Crippen LogP contribution in [0.4, 0.5) is 4.39 Å². The van der Waals surface area contributed by atoms with Crippen molar-refractivity contribution in [2.45, 2.75) is 70.6 Å². The van der Waals surface area contributed by atoms with Gasteiger partial charge in [-0.05, 0) is 44.8 Å². The topological polar surface area (TPSA) is 42.2 Å². The highest BCUT2D eigenvalue weighted by Crippen LogP contribution is 2.60. The van der Waals surface area contributed by atoms with Crippen molar-refractivity contribution >= 4 is 8.32 Å². The fourth-order valence-electron chi connectivity index (χ4n) is 4.49. The average Bonchev–Trinajstić information content (AvgIpc) is 2.56. The summed E-state index contributed by atoms with van der Waals surface area (Å²) in [5.41, 5.74) is -1.22. The third kappa shape index (κ3) is 2.67. The first-order chi connectivity index (χ1) is 9.58. The standard InChI is InChI=1S/C16H28FNO2Si/c1-15(2)9-11-7-8-12(17)14(19-3)13(11)16(15,10-18)20-21(4,5)6/h11-14H,7-9H2,1-6H3. The molecule has 2 fully saturated rings. The number of fused-ring (bicyclic) bond motifs is 1. The van der Waals surface area contributed by atoms with Crippen LogP contribution in [0.15, 0.2) is 0 Å². The van der Waals surface area contributed by atoms with Gasteiger partial charge in [0.05, 0.1) is 12.2 Å². The first-order valence-electron chi connectivity index (χ1n) is 7.86. The molecule has 0 N–H and O–H groups in total. The molecule has 0 bridgehead atoms. The number of nitriles is 1. The van der Waals surface area contributed by atoms with Gasteiger partial charge in [-0.1, -0.05) is 13.8 Å². The first kappa shape index (κ1) is 16.9. The van der Waals surface area contributed by atoms with Gasteiger partial charge in [0.15, 0.2) is 13.9 Å². The second kappa shape index (κ2) is 5.33. The molecule has 0 aromatic heterocycles. The summed E-state index contributed by atoms with van der Waals surface area (Å²) in [6.07, 6.45) is 0.741. The zero-order valence-electron chi connectivity index (χ0n) is 14.1. The van der Waals surface area contributed by atoms with Gasteiger partial charge in [-0.25, -0.2) is 4.39 Å². The summed E-state index contributed by atoms with van der Waals surface area (Å²) in [6.45, 7) is 10.5. The summed E-state index contributed by atoms with van der Waals surface area (Å²) >= 11 is 0. The van der Waals surface area contributed by atoms with Gasteiger partial charge in [0.2, 0.25) is 0 Å². The zero-order valence-corrected chi connectivity index (χ0v) is 15.1. The van der Waals surface area contributed by atoms with Gasteiger partial charge >= 0.3 is 0 Å². The summed E-state index contributed by atoms with van der Waals surface area (Å²) in [4.78, 5) is 0. The van der Waals surface area contributed by atoms with E-state index in [0.29, 0.717) is 12.3 Å². The van der Waals surface area contributed by atoms with E-state index >= 15 is 0 Å². The molecule has 3 nitrogen and oxygen atoms in total. The predicted octanol–water partition coefficient (Wildman–Crippen LogP) is 3.91. The summed E-state index contributed by atoms with van der Waals surface area (Å²) in [6, 6.07) is 2.47. The Labute approximate surface area is 128 Å². The number of hydrogen-bond acceptors (Lipinski definition) is 3. The Hall–Kier alpha value is -0.443. The molecule has 21 heavy (non-hydrogen) atoms. The van der Waals surface area contributed by atoms with E-state index in [1.807, 2.05) is 0 Å². The monoisotopic (exact) mass is 313 g/mol. The van der Waals surface area contributed by atoms with Gasteiger partial charge in [-0.3, -0.25) is 0 Å². The molecule has 0 radical (unpaired) electrons. The Bertz CT molecular complexity index is 443. The van der Waals surface area contributed by atoms with E-state index in [-0.39, 0.29) is 11.3 Å². The van der Waals surface area contributed by atoms with Crippen molar-refractivity contribution in [3.8, 4) is 6.07 Å². The van der Waals surface area contributed by atoms with Crippen molar-refractivity contribution in [1.29, 1.82) is 5.26 Å². The molecule has 5 heteroatoms. The van der Waals surface area contributed by atoms with Crippen LogP contribution in [0.3, 0.4) is 0 Å². The fourth-order valence-corrected chi connectivity index (χ4v) is 5.92. The lowest BCUT2D eigenvalue weighted by Gasteiger charge is -2.47. The van der Waals surface area contributed by atoms with E-state index in [1.165, 1.54) is 0 Å². The van der Waals surface area contributed by atoms with Crippen LogP contribution >= 0.6 is 0 Å². The maximum Gasteiger partial charge on any atom is 0.185 e. The molecule has 0 aliphatic heterocycles. The van der Waals surface area contributed by atoms with E-state index in [2.05, 4.69) is 39.6 Å². The molecule has 0 aromatic rings. The van der Waals surface area contributed by atoms with Crippen LogP contribution in [0.1, 0.15) is 33.1 Å². The normalized spacial score (nSPS) is 42.4. The molecule has 5 unspecified atom stereocenters. The minimum atomic E-state index is -1.95. The van der Waals surface area contributed by atoms with Gasteiger partial charge in [-0.2, -0.15) is 5.26 Å². The Kier molecular flexibility index (Phi) is 4.29. The lowest BCUT2D eigenvalue weighted by molar-refractivity contribution is -0.112. The number of rotatable bonds is 3. The number of methoxy groups -OCH3 is 1. The minimum Gasteiger partial charge on any atom is -0.399 e. The van der Waals surface area contributed by atoms with Crippen LogP contribution in [-0.4, -0.2) is 33.3 Å². The predicted molar refractivity (Wildman–Crippen MR) is 83.1 cm³/mol. The molecule has 0 heterocycles. The maximum absolute atomic E-state index is 14.4. The van der Waals surface area contributed by atoms with Crippen molar-refractivity contribution in [2.75, 3.05) is 7.11 Å². The summed E-state index contributed by atoms with van der Waals surface area (Å²) in [7, 11) is -0.388. The lowest BCUT2D eigenvalue weighted by atomic mass is 9.70. The maximum atomic E-state index is 14.4. The highest BCUT2D eigenvalue weighted by Gasteiger charge is 2.66. The van der Waals surface area contributed by atoms with Crippen LogP contribution in [-0.2, 0) is 9.16 Å². The number of alkyl halides is 1. The van der Waals surface area contributed by atoms with Crippen molar-refractivity contribution in [2.24, 2.45) is 17.3 Å². The quantitative estimate of drug-likeness (QED) is 0.742. The largest absolute Gasteiger partial charge is 0.399 e. The second-order valence-electron chi connectivity index (χ2n) is 8.23. The number of halogens is 1. The van der Waals surface area contributed by atoms with E-state index in [9.17, 15) is 9.65 Å². The Morgan fingerprint density at radius 3 is 2.33 bits per heavy atom. The van der Waals surface area contributed by atoms with Crippen LogP contribution in [0.5, 0.6) is 0 Å². The van der Waals surface area contributed by atoms with Crippen molar-refractivity contribution in [1.82, 2.24) is 0 Å². The molecular formula is C16H28FNO2Si. The Morgan fingerprint density at radius 1 is 1.24 bits per heavy atom. The third-order valence-electron chi connectivity index (χ3n) is 5.18. The zero-order chi connectivity index (χ0) is 16.1. The molecule has 0 amide bonds. The Morgan fingerprint density at radius 2 is 1.86 bits per heavy atom. The van der Waals surface area contributed by atoms with Crippen LogP contribution in [0, 0.1) is 28.6 Å². The number of nitrogens with zero attached hydrogens (tertiary/aromatic N) is 1. The molecule has 2 aliphatic carbocycles. The second-order valence-corrected chi connectivity index (χ2v) is 12.7. The highest BCUT2D eigenvalue weighted by molar-refractivity contribution is 6.69. The molecular weight excluding hydrogens is 285 g/mol. The van der Waals surface area contributed by atoms with E-state index in [0.717, 1.165) is 12.8 Å². The van der Waals surface area contributed by atoms with Gasteiger partial charge in [0.25, 0.3) is 0 Å². The van der Waals surface area contributed by atoms with Crippen LogP contribution < -0.4 is 0 Å². The molecule has 2 rings (SSSR count). The molecule has 2 saturated carbocycles. The SMILES string of the molecule is COC1C(F)CCC2CC(C)(C)C(C#N)(O[Si](C)(C)C)C21. The molecule has 0 spiro atoms. The van der Waals surface area contributed by atoms with Crippen molar-refractivity contribution in [3.63, 3.8) is 0 Å². The average molecular weight is 313 g/mol.